The topological polar surface area (TPSA) is 30.7 Å². The maximum atomic E-state index is 6.17. The molecule has 3 nitrogen and oxygen atoms in total. The van der Waals surface area contributed by atoms with E-state index in [1.807, 2.05) is 13.8 Å². The number of aryl methyl sites for hydroxylation is 2. The first-order valence-electron chi connectivity index (χ1n) is 5.13. The van der Waals surface area contributed by atoms with Crippen molar-refractivity contribution in [3.63, 3.8) is 0 Å². The van der Waals surface area contributed by atoms with Crippen LogP contribution in [0.2, 0.25) is 0 Å². The average molecular weight is 339 g/mol. The van der Waals surface area contributed by atoms with Crippen molar-refractivity contribution in [2.75, 3.05) is 0 Å². The second-order valence-corrected chi connectivity index (χ2v) is 7.13. The fourth-order valence-electron chi connectivity index (χ4n) is 1.45. The number of hydrogen-bond donors (Lipinski definition) is 0. The van der Waals surface area contributed by atoms with Crippen molar-refractivity contribution in [2.45, 2.75) is 41.4 Å². The summed E-state index contributed by atoms with van der Waals surface area (Å²) in [6.45, 7) is 4.44. The van der Waals surface area contributed by atoms with E-state index in [1.165, 1.54) is 0 Å². The van der Waals surface area contributed by atoms with E-state index in [4.69, 9.17) is 58.0 Å². The lowest BCUT2D eigenvalue weighted by Gasteiger charge is -2.28. The van der Waals surface area contributed by atoms with Crippen LogP contribution in [0.25, 0.3) is 0 Å². The number of rotatable bonds is 4. The van der Waals surface area contributed by atoms with Crippen molar-refractivity contribution in [3.8, 4) is 0 Å². The maximum Gasteiger partial charge on any atom is 0.228 e. The molecular weight excluding hydrogens is 327 g/mol. The Bertz CT molecular complexity index is 382. The van der Waals surface area contributed by atoms with Gasteiger partial charge in [-0.15, -0.1) is 5.10 Å². The van der Waals surface area contributed by atoms with Crippen LogP contribution >= 0.6 is 58.0 Å². The zero-order valence-electron chi connectivity index (χ0n) is 9.35. The standard InChI is InChI=1S/C9H12Cl5N3/c1-3-5-6-7(17(4-2)16-15-6)8(10,11)9(12,13)14/h3-5H2,1-2H3. The zero-order chi connectivity index (χ0) is 13.3. The van der Waals surface area contributed by atoms with Gasteiger partial charge in [-0.2, -0.15) is 0 Å². The van der Waals surface area contributed by atoms with Crippen LogP contribution in [-0.2, 0) is 17.3 Å². The van der Waals surface area contributed by atoms with Gasteiger partial charge >= 0.3 is 0 Å². The van der Waals surface area contributed by atoms with E-state index >= 15 is 0 Å². The van der Waals surface area contributed by atoms with Crippen molar-refractivity contribution in [1.29, 1.82) is 0 Å². The van der Waals surface area contributed by atoms with Crippen LogP contribution in [0.15, 0.2) is 0 Å². The van der Waals surface area contributed by atoms with Gasteiger partial charge in [0.25, 0.3) is 0 Å². The number of alkyl halides is 5. The Labute approximate surface area is 125 Å². The second-order valence-electron chi connectivity index (χ2n) is 3.52. The molecule has 1 aromatic rings. The van der Waals surface area contributed by atoms with Crippen molar-refractivity contribution in [1.82, 2.24) is 15.0 Å². The van der Waals surface area contributed by atoms with E-state index in [0.29, 0.717) is 24.4 Å². The molecule has 0 bridgehead atoms. The molecule has 98 valence electrons. The first kappa shape index (κ1) is 15.6. The Morgan fingerprint density at radius 1 is 1.12 bits per heavy atom. The van der Waals surface area contributed by atoms with E-state index in [0.717, 1.165) is 6.42 Å². The van der Waals surface area contributed by atoms with Gasteiger partial charge in [0, 0.05) is 6.54 Å². The van der Waals surface area contributed by atoms with Gasteiger partial charge in [0.2, 0.25) is 8.13 Å². The van der Waals surface area contributed by atoms with Gasteiger partial charge in [-0.05, 0) is 13.3 Å². The van der Waals surface area contributed by atoms with Gasteiger partial charge in [-0.1, -0.05) is 76.6 Å². The Morgan fingerprint density at radius 2 is 1.71 bits per heavy atom. The molecule has 0 aliphatic heterocycles. The predicted molar refractivity (Wildman–Crippen MR) is 73.4 cm³/mol. The summed E-state index contributed by atoms with van der Waals surface area (Å²) in [5, 5.41) is 7.98. The van der Waals surface area contributed by atoms with Crippen molar-refractivity contribution < 1.29 is 0 Å². The Balaban J connectivity index is 3.31. The predicted octanol–water partition coefficient (Wildman–Crippen LogP) is 4.25. The van der Waals surface area contributed by atoms with Crippen LogP contribution in [0.4, 0.5) is 0 Å². The number of halogens is 5. The largest absolute Gasteiger partial charge is 0.246 e. The van der Waals surface area contributed by atoms with E-state index in [9.17, 15) is 0 Å². The molecular formula is C9H12Cl5N3. The van der Waals surface area contributed by atoms with Gasteiger partial charge in [0.15, 0.2) is 0 Å². The Morgan fingerprint density at radius 3 is 2.12 bits per heavy atom. The third-order valence-electron chi connectivity index (χ3n) is 2.24. The fourth-order valence-corrected chi connectivity index (χ4v) is 2.13. The Hall–Kier alpha value is 0.590. The van der Waals surface area contributed by atoms with Crippen LogP contribution in [0.3, 0.4) is 0 Å². The lowest BCUT2D eigenvalue weighted by atomic mass is 10.1. The molecule has 1 aromatic heterocycles. The van der Waals surface area contributed by atoms with E-state index in [2.05, 4.69) is 10.3 Å². The summed E-state index contributed by atoms with van der Waals surface area (Å²) in [4.78, 5) is 0. The van der Waals surface area contributed by atoms with Crippen LogP contribution in [0.5, 0.6) is 0 Å². The average Bonchev–Trinajstić information content (AvgIpc) is 2.60. The highest BCUT2D eigenvalue weighted by atomic mass is 35.6. The van der Waals surface area contributed by atoms with Crippen LogP contribution in [0.1, 0.15) is 31.7 Å². The minimum absolute atomic E-state index is 0.449. The summed E-state index contributed by atoms with van der Waals surface area (Å²) in [6.07, 6.45) is 1.55. The SMILES string of the molecule is CCCc1nnn(CC)c1C(Cl)(Cl)C(Cl)(Cl)Cl. The molecule has 0 saturated carbocycles. The van der Waals surface area contributed by atoms with Crippen molar-refractivity contribution in [3.05, 3.63) is 11.4 Å². The lowest BCUT2D eigenvalue weighted by Crippen LogP contribution is -2.32. The normalized spacial score (nSPS) is 13.1. The molecule has 0 aliphatic carbocycles. The molecule has 0 atom stereocenters. The molecule has 0 unspecified atom stereocenters. The first-order valence-corrected chi connectivity index (χ1v) is 7.02. The lowest BCUT2D eigenvalue weighted by molar-refractivity contribution is 0.580. The number of nitrogens with zero attached hydrogens (tertiary/aromatic N) is 3. The van der Waals surface area contributed by atoms with Gasteiger partial charge < -0.3 is 0 Å². The van der Waals surface area contributed by atoms with Gasteiger partial charge in [-0.3, -0.25) is 0 Å². The minimum atomic E-state index is -1.85. The Kier molecular flexibility index (Phi) is 5.25. The monoisotopic (exact) mass is 337 g/mol. The highest BCUT2D eigenvalue weighted by Crippen LogP contribution is 2.53. The summed E-state index contributed by atoms with van der Waals surface area (Å²) in [5.74, 6) is 0. The fraction of sp³-hybridized carbons (Fsp3) is 0.778. The molecule has 17 heavy (non-hydrogen) atoms. The molecule has 1 rings (SSSR count). The summed E-state index contributed by atoms with van der Waals surface area (Å²) in [6, 6.07) is 0. The van der Waals surface area contributed by atoms with Crippen molar-refractivity contribution in [2.24, 2.45) is 0 Å². The molecule has 0 aromatic carbocycles. The van der Waals surface area contributed by atoms with Crippen molar-refractivity contribution >= 4 is 58.0 Å². The van der Waals surface area contributed by atoms with E-state index in [1.54, 1.807) is 4.68 Å². The zero-order valence-corrected chi connectivity index (χ0v) is 13.1. The molecule has 0 spiro atoms. The highest BCUT2D eigenvalue weighted by molar-refractivity contribution is 6.75. The quantitative estimate of drug-likeness (QED) is 0.768. The smallest absolute Gasteiger partial charge is 0.228 e. The minimum Gasteiger partial charge on any atom is -0.246 e. The molecule has 1 heterocycles. The first-order chi connectivity index (χ1) is 7.75. The molecule has 0 amide bonds. The second kappa shape index (κ2) is 5.70. The molecule has 0 radical (unpaired) electrons. The van der Waals surface area contributed by atoms with Gasteiger partial charge in [0.1, 0.15) is 5.69 Å². The number of aromatic nitrogens is 3. The number of hydrogen-bond acceptors (Lipinski definition) is 2. The third kappa shape index (κ3) is 3.13. The van der Waals surface area contributed by atoms with E-state index in [-0.39, 0.29) is 0 Å². The third-order valence-corrected chi connectivity index (χ3v) is 4.60. The molecule has 8 heteroatoms. The van der Waals surface area contributed by atoms with Crippen LogP contribution < -0.4 is 0 Å². The summed E-state index contributed by atoms with van der Waals surface area (Å²) < 4.78 is -1.98. The van der Waals surface area contributed by atoms with E-state index < -0.39 is 8.13 Å². The highest BCUT2D eigenvalue weighted by Gasteiger charge is 2.51. The summed E-state index contributed by atoms with van der Waals surface area (Å²) in [7, 11) is 0. The molecule has 0 saturated heterocycles. The van der Waals surface area contributed by atoms with Crippen LogP contribution in [-0.4, -0.2) is 18.8 Å². The summed E-state index contributed by atoms with van der Waals surface area (Å²) >= 11 is 29.8. The molecule has 0 aliphatic rings. The molecule has 0 fully saturated rings. The van der Waals surface area contributed by atoms with Gasteiger partial charge in [0.05, 0.1) is 5.69 Å². The molecule has 0 N–H and O–H groups in total. The maximum absolute atomic E-state index is 6.17. The van der Waals surface area contributed by atoms with Gasteiger partial charge in [-0.25, -0.2) is 4.68 Å². The summed E-state index contributed by atoms with van der Waals surface area (Å²) in [5.41, 5.74) is 1.11. The van der Waals surface area contributed by atoms with Crippen LogP contribution in [0, 0.1) is 0 Å².